The first-order chi connectivity index (χ1) is 9.95. The predicted octanol–water partition coefficient (Wildman–Crippen LogP) is 3.59. The summed E-state index contributed by atoms with van der Waals surface area (Å²) >= 11 is 3.24. The number of amides is 1. The van der Waals surface area contributed by atoms with Gasteiger partial charge in [0.25, 0.3) is 5.91 Å². The van der Waals surface area contributed by atoms with Crippen LogP contribution in [0.15, 0.2) is 18.2 Å². The fraction of sp³-hybridized carbons (Fsp3) is 0.400. The molecule has 21 heavy (non-hydrogen) atoms. The molecule has 0 bridgehead atoms. The minimum atomic E-state index is -0.331. The van der Waals surface area contributed by atoms with Crippen molar-refractivity contribution in [2.75, 3.05) is 18.8 Å². The van der Waals surface area contributed by atoms with Crippen LogP contribution < -0.4 is 5.73 Å². The van der Waals surface area contributed by atoms with Crippen molar-refractivity contribution in [1.29, 1.82) is 0 Å². The van der Waals surface area contributed by atoms with E-state index in [2.05, 4.69) is 13.8 Å². The van der Waals surface area contributed by atoms with Crippen molar-refractivity contribution < 1.29 is 9.18 Å². The molecule has 6 heteroatoms. The van der Waals surface area contributed by atoms with E-state index in [1.165, 1.54) is 23.5 Å². The molecule has 1 aliphatic rings. The van der Waals surface area contributed by atoms with Crippen LogP contribution in [-0.4, -0.2) is 34.4 Å². The SMILES string of the molecule is CC1CN(C(=O)c2sc3ccc(F)cc3c2N)CC(C)S1. The first-order valence-electron chi connectivity index (χ1n) is 6.88. The molecular weight excluding hydrogens is 307 g/mol. The van der Waals surface area contributed by atoms with Crippen molar-refractivity contribution in [3.05, 3.63) is 28.9 Å². The molecule has 1 fully saturated rings. The van der Waals surface area contributed by atoms with Gasteiger partial charge < -0.3 is 10.6 Å². The van der Waals surface area contributed by atoms with E-state index in [0.717, 1.165) is 17.8 Å². The number of nitrogens with two attached hydrogens (primary N) is 1. The van der Waals surface area contributed by atoms with Gasteiger partial charge in [-0.25, -0.2) is 4.39 Å². The topological polar surface area (TPSA) is 46.3 Å². The van der Waals surface area contributed by atoms with Crippen molar-refractivity contribution in [3.63, 3.8) is 0 Å². The maximum atomic E-state index is 13.3. The number of carbonyl (C=O) groups is 1. The molecule has 3 nitrogen and oxygen atoms in total. The largest absolute Gasteiger partial charge is 0.397 e. The zero-order valence-corrected chi connectivity index (χ0v) is 13.6. The summed E-state index contributed by atoms with van der Waals surface area (Å²) in [4.78, 5) is 15.1. The zero-order valence-electron chi connectivity index (χ0n) is 11.9. The molecule has 0 saturated carbocycles. The van der Waals surface area contributed by atoms with Gasteiger partial charge in [0.1, 0.15) is 10.7 Å². The number of thiophene rings is 1. The highest BCUT2D eigenvalue weighted by atomic mass is 32.2. The molecule has 0 aliphatic carbocycles. The number of rotatable bonds is 1. The van der Waals surface area contributed by atoms with Gasteiger partial charge in [-0.05, 0) is 18.2 Å². The summed E-state index contributed by atoms with van der Waals surface area (Å²) in [6.07, 6.45) is 0. The van der Waals surface area contributed by atoms with Crippen molar-refractivity contribution in [2.45, 2.75) is 24.3 Å². The van der Waals surface area contributed by atoms with Crippen molar-refractivity contribution in [2.24, 2.45) is 0 Å². The molecule has 3 rings (SSSR count). The number of carbonyl (C=O) groups excluding carboxylic acids is 1. The lowest BCUT2D eigenvalue weighted by molar-refractivity contribution is 0.0759. The molecule has 1 aromatic carbocycles. The average molecular weight is 324 g/mol. The number of benzene rings is 1. The summed E-state index contributed by atoms with van der Waals surface area (Å²) in [7, 11) is 0. The maximum Gasteiger partial charge on any atom is 0.266 e. The summed E-state index contributed by atoms with van der Waals surface area (Å²) in [6.45, 7) is 5.72. The van der Waals surface area contributed by atoms with E-state index in [1.807, 2.05) is 16.7 Å². The van der Waals surface area contributed by atoms with Crippen molar-refractivity contribution in [3.8, 4) is 0 Å². The Balaban J connectivity index is 1.96. The number of fused-ring (bicyclic) bond motifs is 1. The number of thioether (sulfide) groups is 1. The summed E-state index contributed by atoms with van der Waals surface area (Å²) in [5, 5.41) is 1.48. The highest BCUT2D eigenvalue weighted by Crippen LogP contribution is 2.36. The molecule has 1 saturated heterocycles. The third kappa shape index (κ3) is 2.74. The second-order valence-corrected chi connectivity index (χ2v) is 8.39. The van der Waals surface area contributed by atoms with Crippen molar-refractivity contribution in [1.82, 2.24) is 4.90 Å². The number of nitrogen functional groups attached to an aromatic ring is 1. The Kier molecular flexibility index (Phi) is 3.84. The second kappa shape index (κ2) is 5.50. The molecule has 2 aromatic rings. The molecule has 2 unspecified atom stereocenters. The van der Waals surface area contributed by atoms with Crippen LogP contribution in [0, 0.1) is 5.82 Å². The molecule has 1 amide bonds. The quantitative estimate of drug-likeness (QED) is 0.872. The summed E-state index contributed by atoms with van der Waals surface area (Å²) in [6, 6.07) is 4.48. The van der Waals surface area contributed by atoms with Crippen LogP contribution in [0.2, 0.25) is 0 Å². The molecule has 112 valence electrons. The van der Waals surface area contributed by atoms with E-state index in [-0.39, 0.29) is 11.7 Å². The zero-order chi connectivity index (χ0) is 15.1. The van der Waals surface area contributed by atoms with Crippen LogP contribution in [-0.2, 0) is 0 Å². The Labute approximate surface area is 131 Å². The Morgan fingerprint density at radius 2 is 2.00 bits per heavy atom. The highest BCUT2D eigenvalue weighted by Gasteiger charge is 2.29. The van der Waals surface area contributed by atoms with Crippen LogP contribution in [0.25, 0.3) is 10.1 Å². The lowest BCUT2D eigenvalue weighted by Gasteiger charge is -2.34. The maximum absolute atomic E-state index is 13.3. The molecule has 2 N–H and O–H groups in total. The minimum absolute atomic E-state index is 0.0342. The van der Waals surface area contributed by atoms with Gasteiger partial charge in [-0.1, -0.05) is 13.8 Å². The molecular formula is C15H17FN2OS2. The number of hydrogen-bond acceptors (Lipinski definition) is 4. The van der Waals surface area contributed by atoms with E-state index in [0.29, 0.717) is 26.5 Å². The smallest absolute Gasteiger partial charge is 0.266 e. The lowest BCUT2D eigenvalue weighted by Crippen LogP contribution is -2.43. The lowest BCUT2D eigenvalue weighted by atomic mass is 10.2. The molecule has 0 spiro atoms. The van der Waals surface area contributed by atoms with E-state index >= 15 is 0 Å². The Bertz CT molecular complexity index is 690. The minimum Gasteiger partial charge on any atom is -0.397 e. The van der Waals surface area contributed by atoms with Gasteiger partial charge in [-0.15, -0.1) is 11.3 Å². The normalized spacial score (nSPS) is 22.7. The standard InChI is InChI=1S/C15H17FN2OS2/c1-8-6-18(7-9(2)20-8)15(19)14-13(17)11-5-10(16)3-4-12(11)21-14/h3-5,8-9H,6-7,17H2,1-2H3. The fourth-order valence-electron chi connectivity index (χ4n) is 2.74. The van der Waals surface area contributed by atoms with Crippen LogP contribution >= 0.6 is 23.1 Å². The molecule has 2 heterocycles. The van der Waals surface area contributed by atoms with Gasteiger partial charge in [-0.2, -0.15) is 11.8 Å². The first kappa shape index (κ1) is 14.7. The summed E-state index contributed by atoms with van der Waals surface area (Å²) < 4.78 is 14.2. The number of hydrogen-bond donors (Lipinski definition) is 1. The molecule has 1 aliphatic heterocycles. The highest BCUT2D eigenvalue weighted by molar-refractivity contribution is 8.00. The van der Waals surface area contributed by atoms with Gasteiger partial charge in [0.05, 0.1) is 5.69 Å². The third-order valence-corrected chi connectivity index (χ3v) is 5.99. The monoisotopic (exact) mass is 324 g/mol. The Morgan fingerprint density at radius 1 is 1.33 bits per heavy atom. The van der Waals surface area contributed by atoms with E-state index in [9.17, 15) is 9.18 Å². The van der Waals surface area contributed by atoms with Crippen LogP contribution in [0.4, 0.5) is 10.1 Å². The number of anilines is 1. The van der Waals surface area contributed by atoms with Crippen LogP contribution in [0.5, 0.6) is 0 Å². The second-order valence-electron chi connectivity index (χ2n) is 5.45. The average Bonchev–Trinajstić information content (AvgIpc) is 2.74. The molecule has 2 atom stereocenters. The predicted molar refractivity (Wildman–Crippen MR) is 88.6 cm³/mol. The van der Waals surface area contributed by atoms with Crippen LogP contribution in [0.3, 0.4) is 0 Å². The van der Waals surface area contributed by atoms with Crippen molar-refractivity contribution >= 4 is 44.8 Å². The van der Waals surface area contributed by atoms with Gasteiger partial charge in [-0.3, -0.25) is 4.79 Å². The van der Waals surface area contributed by atoms with Gasteiger partial charge in [0.15, 0.2) is 0 Å². The van der Waals surface area contributed by atoms with Gasteiger partial charge in [0, 0.05) is 33.7 Å². The number of nitrogens with zero attached hydrogens (tertiary/aromatic N) is 1. The molecule has 0 radical (unpaired) electrons. The van der Waals surface area contributed by atoms with E-state index in [1.54, 1.807) is 6.07 Å². The molecule has 1 aromatic heterocycles. The first-order valence-corrected chi connectivity index (χ1v) is 8.64. The fourth-order valence-corrected chi connectivity index (χ4v) is 5.13. The van der Waals surface area contributed by atoms with Gasteiger partial charge in [0.2, 0.25) is 0 Å². The number of halogens is 1. The van der Waals surface area contributed by atoms with Gasteiger partial charge >= 0.3 is 0 Å². The summed E-state index contributed by atoms with van der Waals surface area (Å²) in [5.74, 6) is -0.365. The Morgan fingerprint density at radius 3 is 2.67 bits per heavy atom. The van der Waals surface area contributed by atoms with Crippen LogP contribution in [0.1, 0.15) is 23.5 Å². The Hall–Kier alpha value is -1.27. The summed E-state index contributed by atoms with van der Waals surface area (Å²) in [5.41, 5.74) is 6.48. The van der Waals surface area contributed by atoms with E-state index in [4.69, 9.17) is 5.73 Å². The van der Waals surface area contributed by atoms with E-state index < -0.39 is 0 Å². The third-order valence-electron chi connectivity index (χ3n) is 3.59.